The highest BCUT2D eigenvalue weighted by atomic mass is 16.5. The van der Waals surface area contributed by atoms with Crippen molar-refractivity contribution in [3.8, 4) is 11.5 Å². The van der Waals surface area contributed by atoms with Crippen molar-refractivity contribution >= 4 is 5.91 Å². The minimum Gasteiger partial charge on any atom is -0.469 e. The highest BCUT2D eigenvalue weighted by Gasteiger charge is 2.23. The first-order chi connectivity index (χ1) is 12.5. The number of benzene rings is 2. The highest BCUT2D eigenvalue weighted by Crippen LogP contribution is 2.21. The number of nitrogens with one attached hydrogen (secondary N) is 1. The van der Waals surface area contributed by atoms with Gasteiger partial charge in [0.25, 0.3) is 5.91 Å². The third-order valence-electron chi connectivity index (χ3n) is 3.86. The van der Waals surface area contributed by atoms with Gasteiger partial charge in [-0.3, -0.25) is 4.79 Å². The summed E-state index contributed by atoms with van der Waals surface area (Å²) in [6, 6.07) is 19.8. The van der Waals surface area contributed by atoms with Crippen LogP contribution >= 0.6 is 0 Å². The fourth-order valence-electron chi connectivity index (χ4n) is 2.52. The Morgan fingerprint density at radius 2 is 1.73 bits per heavy atom. The Kier molecular flexibility index (Phi) is 5.39. The van der Waals surface area contributed by atoms with Gasteiger partial charge in [-0.15, -0.1) is 0 Å². The SMILES string of the molecule is CC(O)(CNC(=O)c1ccc(Oc2ccccc2)cc1)Cc1ccco1. The Morgan fingerprint density at radius 3 is 2.38 bits per heavy atom. The second-order valence-corrected chi connectivity index (χ2v) is 6.38. The molecule has 0 aliphatic rings. The second-order valence-electron chi connectivity index (χ2n) is 6.38. The zero-order valence-corrected chi connectivity index (χ0v) is 14.5. The van der Waals surface area contributed by atoms with Crippen LogP contribution in [0, 0.1) is 0 Å². The maximum Gasteiger partial charge on any atom is 0.251 e. The van der Waals surface area contributed by atoms with Gasteiger partial charge in [0.2, 0.25) is 0 Å². The van der Waals surface area contributed by atoms with Crippen LogP contribution in [0.5, 0.6) is 11.5 Å². The monoisotopic (exact) mass is 351 g/mol. The zero-order valence-electron chi connectivity index (χ0n) is 14.5. The number of rotatable bonds is 7. The number of carbonyl (C=O) groups is 1. The molecule has 26 heavy (non-hydrogen) atoms. The van der Waals surface area contributed by atoms with E-state index in [1.54, 1.807) is 49.6 Å². The molecule has 0 spiro atoms. The summed E-state index contributed by atoms with van der Waals surface area (Å²) in [6.07, 6.45) is 1.88. The number of furan rings is 1. The lowest BCUT2D eigenvalue weighted by Crippen LogP contribution is -2.42. The number of aliphatic hydroxyl groups is 1. The van der Waals surface area contributed by atoms with Crippen molar-refractivity contribution in [2.24, 2.45) is 0 Å². The van der Waals surface area contributed by atoms with Crippen molar-refractivity contribution in [3.05, 3.63) is 84.3 Å². The maximum absolute atomic E-state index is 12.3. The number of carbonyl (C=O) groups excluding carboxylic acids is 1. The van der Waals surface area contributed by atoms with E-state index >= 15 is 0 Å². The molecular formula is C21H21NO4. The third kappa shape index (κ3) is 4.97. The molecule has 0 aliphatic heterocycles. The lowest BCUT2D eigenvalue weighted by Gasteiger charge is -2.22. The minimum atomic E-state index is -1.09. The van der Waals surface area contributed by atoms with Crippen molar-refractivity contribution in [2.45, 2.75) is 18.9 Å². The third-order valence-corrected chi connectivity index (χ3v) is 3.86. The maximum atomic E-state index is 12.3. The van der Waals surface area contributed by atoms with Crippen LogP contribution in [0.1, 0.15) is 23.0 Å². The van der Waals surface area contributed by atoms with Crippen molar-refractivity contribution in [1.82, 2.24) is 5.32 Å². The minimum absolute atomic E-state index is 0.120. The molecule has 0 bridgehead atoms. The van der Waals surface area contributed by atoms with Gasteiger partial charge < -0.3 is 19.6 Å². The molecule has 2 aromatic carbocycles. The highest BCUT2D eigenvalue weighted by molar-refractivity contribution is 5.94. The lowest BCUT2D eigenvalue weighted by atomic mass is 10.0. The Balaban J connectivity index is 1.54. The first-order valence-electron chi connectivity index (χ1n) is 8.38. The predicted molar refractivity (Wildman–Crippen MR) is 98.3 cm³/mol. The van der Waals surface area contributed by atoms with Crippen LogP contribution in [0.15, 0.2) is 77.4 Å². The Morgan fingerprint density at radius 1 is 1.04 bits per heavy atom. The van der Waals surface area contributed by atoms with Gasteiger partial charge in [-0.25, -0.2) is 0 Å². The molecule has 0 fully saturated rings. The quantitative estimate of drug-likeness (QED) is 0.679. The summed E-state index contributed by atoms with van der Waals surface area (Å²) in [5.41, 5.74) is -0.594. The van der Waals surface area contributed by atoms with Gasteiger partial charge in [0.1, 0.15) is 17.3 Å². The van der Waals surface area contributed by atoms with Gasteiger partial charge in [0.05, 0.1) is 11.9 Å². The molecule has 5 heteroatoms. The summed E-state index contributed by atoms with van der Waals surface area (Å²) in [7, 11) is 0. The first kappa shape index (κ1) is 17.8. The van der Waals surface area contributed by atoms with Crippen molar-refractivity contribution < 1.29 is 19.1 Å². The second kappa shape index (κ2) is 7.89. The van der Waals surface area contributed by atoms with E-state index < -0.39 is 5.60 Å². The van der Waals surface area contributed by atoms with Gasteiger partial charge >= 0.3 is 0 Å². The molecule has 2 N–H and O–H groups in total. The molecule has 1 heterocycles. The van der Waals surface area contributed by atoms with Crippen LogP contribution < -0.4 is 10.1 Å². The van der Waals surface area contributed by atoms with Crippen LogP contribution in [0.25, 0.3) is 0 Å². The lowest BCUT2D eigenvalue weighted by molar-refractivity contribution is 0.0510. The van der Waals surface area contributed by atoms with Crippen molar-refractivity contribution in [2.75, 3.05) is 6.54 Å². The number of hydrogen-bond donors (Lipinski definition) is 2. The normalized spacial score (nSPS) is 13.0. The molecule has 3 aromatic rings. The number of amides is 1. The fourth-order valence-corrected chi connectivity index (χ4v) is 2.52. The summed E-state index contributed by atoms with van der Waals surface area (Å²) in [5.74, 6) is 1.80. The molecule has 1 atom stereocenters. The van der Waals surface area contributed by atoms with Crippen LogP contribution in [0.3, 0.4) is 0 Å². The molecule has 3 rings (SSSR count). The molecule has 0 aliphatic carbocycles. The standard InChI is InChI=1S/C21H21NO4/c1-21(24,14-19-8-5-13-25-19)15-22-20(23)16-9-11-18(12-10-16)26-17-6-3-2-4-7-17/h2-13,24H,14-15H2,1H3,(H,22,23). The Labute approximate surface area is 152 Å². The molecule has 0 saturated carbocycles. The van der Waals surface area contributed by atoms with E-state index in [2.05, 4.69) is 5.32 Å². The van der Waals surface area contributed by atoms with Crippen LogP contribution in [0.4, 0.5) is 0 Å². The molecular weight excluding hydrogens is 330 g/mol. The molecule has 5 nitrogen and oxygen atoms in total. The molecule has 134 valence electrons. The average Bonchev–Trinajstić information content (AvgIpc) is 3.13. The van der Waals surface area contributed by atoms with E-state index in [0.717, 1.165) is 5.75 Å². The van der Waals surface area contributed by atoms with Gasteiger partial charge in [-0.05, 0) is 55.5 Å². The number of para-hydroxylation sites is 1. The fraction of sp³-hybridized carbons (Fsp3) is 0.190. The summed E-state index contributed by atoms with van der Waals surface area (Å²) in [6.45, 7) is 1.78. The predicted octanol–water partition coefficient (Wildman–Crippen LogP) is 3.80. The number of hydrogen-bond acceptors (Lipinski definition) is 4. The van der Waals surface area contributed by atoms with E-state index in [-0.39, 0.29) is 12.5 Å². The summed E-state index contributed by atoms with van der Waals surface area (Å²) < 4.78 is 10.9. The summed E-state index contributed by atoms with van der Waals surface area (Å²) in [4.78, 5) is 12.3. The summed E-state index contributed by atoms with van der Waals surface area (Å²) >= 11 is 0. The van der Waals surface area contributed by atoms with Crippen LogP contribution in [-0.4, -0.2) is 23.2 Å². The van der Waals surface area contributed by atoms with Crippen LogP contribution in [-0.2, 0) is 6.42 Å². The van der Waals surface area contributed by atoms with Crippen molar-refractivity contribution in [3.63, 3.8) is 0 Å². The molecule has 0 saturated heterocycles. The van der Waals surface area contributed by atoms with Gasteiger partial charge in [-0.1, -0.05) is 18.2 Å². The van der Waals surface area contributed by atoms with E-state index in [4.69, 9.17) is 9.15 Å². The average molecular weight is 351 g/mol. The van der Waals surface area contributed by atoms with Gasteiger partial charge in [-0.2, -0.15) is 0 Å². The van der Waals surface area contributed by atoms with Gasteiger partial charge in [0.15, 0.2) is 0 Å². The Bertz CT molecular complexity index is 824. The van der Waals surface area contributed by atoms with E-state index in [0.29, 0.717) is 23.5 Å². The molecule has 1 amide bonds. The van der Waals surface area contributed by atoms with Crippen LogP contribution in [0.2, 0.25) is 0 Å². The molecule has 1 unspecified atom stereocenters. The topological polar surface area (TPSA) is 71.7 Å². The largest absolute Gasteiger partial charge is 0.469 e. The Hall–Kier alpha value is -3.05. The summed E-state index contributed by atoms with van der Waals surface area (Å²) in [5, 5.41) is 13.1. The van der Waals surface area contributed by atoms with Gasteiger partial charge in [0, 0.05) is 18.5 Å². The molecule has 0 radical (unpaired) electrons. The van der Waals surface area contributed by atoms with E-state index in [9.17, 15) is 9.90 Å². The number of ether oxygens (including phenoxy) is 1. The van der Waals surface area contributed by atoms with E-state index in [1.807, 2.05) is 30.3 Å². The van der Waals surface area contributed by atoms with E-state index in [1.165, 1.54) is 0 Å². The smallest absolute Gasteiger partial charge is 0.251 e. The zero-order chi connectivity index (χ0) is 18.4. The first-order valence-corrected chi connectivity index (χ1v) is 8.38. The molecule has 1 aromatic heterocycles. The van der Waals surface area contributed by atoms with Crippen molar-refractivity contribution in [1.29, 1.82) is 0 Å².